The van der Waals surface area contributed by atoms with Crippen molar-refractivity contribution in [1.29, 1.82) is 0 Å². The Labute approximate surface area is 96.9 Å². The van der Waals surface area contributed by atoms with E-state index in [1.165, 1.54) is 25.7 Å². The topological polar surface area (TPSA) is 55.0 Å². The third kappa shape index (κ3) is 2.50. The number of aryl methyl sites for hydroxylation is 1. The van der Waals surface area contributed by atoms with E-state index in [1.807, 2.05) is 13.0 Å². The highest BCUT2D eigenvalue weighted by Gasteiger charge is 2.20. The number of aromatic nitrogens is 2. The van der Waals surface area contributed by atoms with E-state index in [0.717, 1.165) is 18.1 Å². The van der Waals surface area contributed by atoms with Gasteiger partial charge in [-0.2, -0.15) is 5.10 Å². The number of hydrogen-bond acceptors (Lipinski definition) is 4. The molecule has 1 aromatic rings. The Kier molecular flexibility index (Phi) is 3.72. The van der Waals surface area contributed by atoms with Gasteiger partial charge in [0.05, 0.1) is 5.69 Å². The zero-order chi connectivity index (χ0) is 11.4. The second kappa shape index (κ2) is 5.25. The lowest BCUT2D eigenvalue weighted by atomic mass is 10.1. The lowest BCUT2D eigenvalue weighted by molar-refractivity contribution is 0.573. The molecule has 1 aromatic heterocycles. The van der Waals surface area contributed by atoms with Crippen LogP contribution in [0.1, 0.15) is 31.4 Å². The minimum Gasteiger partial charge on any atom is -0.351 e. The Hall–Kier alpha value is -1.16. The molecule has 4 heteroatoms. The lowest BCUT2D eigenvalue weighted by Crippen LogP contribution is -2.40. The molecule has 1 saturated heterocycles. The molecule has 1 aliphatic heterocycles. The maximum Gasteiger partial charge on any atom is 0.151 e. The Bertz CT molecular complexity index is 322. The Morgan fingerprint density at radius 2 is 2.19 bits per heavy atom. The van der Waals surface area contributed by atoms with Gasteiger partial charge in [0, 0.05) is 19.1 Å². The van der Waals surface area contributed by atoms with E-state index in [-0.39, 0.29) is 0 Å². The maximum atomic E-state index is 5.84. The summed E-state index contributed by atoms with van der Waals surface area (Å²) in [6.45, 7) is 3.72. The highest BCUT2D eigenvalue weighted by Crippen LogP contribution is 2.21. The van der Waals surface area contributed by atoms with Gasteiger partial charge in [-0.15, -0.1) is 5.10 Å². The van der Waals surface area contributed by atoms with Crippen LogP contribution in [0.15, 0.2) is 12.1 Å². The minimum absolute atomic E-state index is 0.430. The molecule has 0 aromatic carbocycles. The first-order valence-electron chi connectivity index (χ1n) is 6.08. The first kappa shape index (κ1) is 11.3. The van der Waals surface area contributed by atoms with Crippen molar-refractivity contribution in [3.05, 3.63) is 17.8 Å². The summed E-state index contributed by atoms with van der Waals surface area (Å²) in [5, 5.41) is 8.38. The molecule has 2 heterocycles. The van der Waals surface area contributed by atoms with Gasteiger partial charge in [-0.05, 0) is 31.9 Å². The van der Waals surface area contributed by atoms with Gasteiger partial charge in [0.25, 0.3) is 0 Å². The number of nitrogens with zero attached hydrogens (tertiary/aromatic N) is 3. The van der Waals surface area contributed by atoms with Gasteiger partial charge in [-0.3, -0.25) is 0 Å². The van der Waals surface area contributed by atoms with Crippen LogP contribution >= 0.6 is 0 Å². The van der Waals surface area contributed by atoms with Crippen LogP contribution in [-0.2, 0) is 0 Å². The fourth-order valence-corrected chi connectivity index (χ4v) is 2.27. The number of rotatable bonds is 2. The van der Waals surface area contributed by atoms with E-state index in [2.05, 4.69) is 21.2 Å². The highest BCUT2D eigenvalue weighted by molar-refractivity contribution is 5.39. The molecule has 2 rings (SSSR count). The lowest BCUT2D eigenvalue weighted by Gasteiger charge is -2.29. The molecule has 0 radical (unpaired) electrons. The van der Waals surface area contributed by atoms with E-state index in [1.54, 1.807) is 0 Å². The highest BCUT2D eigenvalue weighted by atomic mass is 15.3. The van der Waals surface area contributed by atoms with Gasteiger partial charge in [-0.25, -0.2) is 0 Å². The van der Waals surface area contributed by atoms with E-state index >= 15 is 0 Å². The van der Waals surface area contributed by atoms with Gasteiger partial charge in [-0.1, -0.05) is 12.8 Å². The van der Waals surface area contributed by atoms with Crippen molar-refractivity contribution < 1.29 is 0 Å². The van der Waals surface area contributed by atoms with E-state index in [0.29, 0.717) is 12.6 Å². The summed E-state index contributed by atoms with van der Waals surface area (Å²) in [5.74, 6) is 0.975. The Balaban J connectivity index is 2.18. The van der Waals surface area contributed by atoms with Gasteiger partial charge in [0.1, 0.15) is 0 Å². The van der Waals surface area contributed by atoms with Crippen LogP contribution in [-0.4, -0.2) is 29.3 Å². The monoisotopic (exact) mass is 220 g/mol. The number of nitrogens with two attached hydrogens (primary N) is 1. The number of hydrogen-bond donors (Lipinski definition) is 1. The van der Waals surface area contributed by atoms with Crippen LogP contribution in [0.3, 0.4) is 0 Å². The van der Waals surface area contributed by atoms with Crippen molar-refractivity contribution in [2.75, 3.05) is 18.0 Å². The fourth-order valence-electron chi connectivity index (χ4n) is 2.27. The summed E-state index contributed by atoms with van der Waals surface area (Å²) in [4.78, 5) is 2.32. The summed E-state index contributed by atoms with van der Waals surface area (Å²) in [7, 11) is 0. The van der Waals surface area contributed by atoms with Gasteiger partial charge in [0.15, 0.2) is 5.82 Å². The quantitative estimate of drug-likeness (QED) is 0.820. The molecule has 1 unspecified atom stereocenters. The van der Waals surface area contributed by atoms with Crippen molar-refractivity contribution in [2.45, 2.75) is 38.6 Å². The molecule has 1 fully saturated rings. The Morgan fingerprint density at radius 3 is 2.88 bits per heavy atom. The van der Waals surface area contributed by atoms with Crippen molar-refractivity contribution in [3.63, 3.8) is 0 Å². The van der Waals surface area contributed by atoms with Crippen molar-refractivity contribution in [2.24, 2.45) is 5.73 Å². The molecule has 0 amide bonds. The maximum absolute atomic E-state index is 5.84. The summed E-state index contributed by atoms with van der Waals surface area (Å²) in [5.41, 5.74) is 6.80. The minimum atomic E-state index is 0.430. The van der Waals surface area contributed by atoms with E-state index < -0.39 is 0 Å². The van der Waals surface area contributed by atoms with Gasteiger partial charge >= 0.3 is 0 Å². The molecular formula is C12H20N4. The molecule has 4 nitrogen and oxygen atoms in total. The standard InChI is InChI=1S/C12H20N4/c1-10-6-7-12(15-14-10)16-8-4-2-3-5-11(16)9-13/h6-7,11H,2-5,8-9,13H2,1H3. The Morgan fingerprint density at radius 1 is 1.31 bits per heavy atom. The van der Waals surface area contributed by atoms with Gasteiger partial charge in [0.2, 0.25) is 0 Å². The normalized spacial score (nSPS) is 21.9. The third-order valence-electron chi connectivity index (χ3n) is 3.23. The molecule has 0 saturated carbocycles. The van der Waals surface area contributed by atoms with Crippen molar-refractivity contribution >= 4 is 5.82 Å². The average Bonchev–Trinajstić information content (AvgIpc) is 2.55. The summed E-state index contributed by atoms with van der Waals surface area (Å²) in [6.07, 6.45) is 4.97. The van der Waals surface area contributed by atoms with Crippen LogP contribution in [0.2, 0.25) is 0 Å². The molecule has 88 valence electrons. The van der Waals surface area contributed by atoms with Crippen LogP contribution in [0, 0.1) is 6.92 Å². The number of anilines is 1. The zero-order valence-electron chi connectivity index (χ0n) is 9.89. The van der Waals surface area contributed by atoms with Crippen molar-refractivity contribution in [3.8, 4) is 0 Å². The summed E-state index contributed by atoms with van der Waals surface area (Å²) < 4.78 is 0. The molecule has 1 atom stereocenters. The van der Waals surface area contributed by atoms with Crippen LogP contribution in [0.5, 0.6) is 0 Å². The van der Waals surface area contributed by atoms with Gasteiger partial charge < -0.3 is 10.6 Å². The van der Waals surface area contributed by atoms with Crippen LogP contribution in [0.25, 0.3) is 0 Å². The molecule has 0 aliphatic carbocycles. The predicted octanol–water partition coefficient (Wildman–Crippen LogP) is 1.49. The van der Waals surface area contributed by atoms with E-state index in [4.69, 9.17) is 5.73 Å². The SMILES string of the molecule is Cc1ccc(N2CCCCCC2CN)nn1. The molecule has 2 N–H and O–H groups in total. The first-order chi connectivity index (χ1) is 7.81. The average molecular weight is 220 g/mol. The predicted molar refractivity (Wildman–Crippen MR) is 65.4 cm³/mol. The molecule has 0 spiro atoms. The summed E-state index contributed by atoms with van der Waals surface area (Å²) in [6, 6.07) is 4.50. The molecule has 1 aliphatic rings. The third-order valence-corrected chi connectivity index (χ3v) is 3.23. The molecular weight excluding hydrogens is 200 g/mol. The fraction of sp³-hybridized carbons (Fsp3) is 0.667. The first-order valence-corrected chi connectivity index (χ1v) is 6.08. The van der Waals surface area contributed by atoms with Crippen LogP contribution < -0.4 is 10.6 Å². The second-order valence-electron chi connectivity index (χ2n) is 4.47. The molecule has 16 heavy (non-hydrogen) atoms. The largest absolute Gasteiger partial charge is 0.351 e. The molecule has 0 bridgehead atoms. The smallest absolute Gasteiger partial charge is 0.151 e. The second-order valence-corrected chi connectivity index (χ2v) is 4.47. The van der Waals surface area contributed by atoms with Crippen LogP contribution in [0.4, 0.5) is 5.82 Å². The van der Waals surface area contributed by atoms with E-state index in [9.17, 15) is 0 Å². The van der Waals surface area contributed by atoms with Crippen molar-refractivity contribution in [1.82, 2.24) is 10.2 Å². The summed E-state index contributed by atoms with van der Waals surface area (Å²) >= 11 is 0. The zero-order valence-corrected chi connectivity index (χ0v) is 9.89.